The van der Waals surface area contributed by atoms with Crippen molar-refractivity contribution in [3.05, 3.63) is 60.0 Å². The Labute approximate surface area is 160 Å². The van der Waals surface area contributed by atoms with Gasteiger partial charge in [0.05, 0.1) is 22.9 Å². The molecule has 7 nitrogen and oxygen atoms in total. The molecular formula is C18H20N4O3S2. The number of hydrogen-bond donors (Lipinski definition) is 0. The number of nitrogens with zero attached hydrogens (tertiary/aromatic N) is 4. The van der Waals surface area contributed by atoms with Crippen LogP contribution < -0.4 is 0 Å². The van der Waals surface area contributed by atoms with Crippen LogP contribution in [0.1, 0.15) is 32.0 Å². The molecule has 0 bridgehead atoms. The van der Waals surface area contributed by atoms with Crippen molar-refractivity contribution in [2.75, 3.05) is 0 Å². The van der Waals surface area contributed by atoms with Crippen LogP contribution in [0.3, 0.4) is 0 Å². The lowest BCUT2D eigenvalue weighted by atomic mass is 10.2. The van der Waals surface area contributed by atoms with Gasteiger partial charge in [-0.1, -0.05) is 30.3 Å². The summed E-state index contributed by atoms with van der Waals surface area (Å²) < 4.78 is 42.1. The third-order valence-corrected chi connectivity index (χ3v) is 6.61. The SMILES string of the molecule is CC(C)(C)[S@](=O)N=Cc1cnc2c(ccn2S(=O)(=O)Cc2ccccc2)n1. The van der Waals surface area contributed by atoms with Gasteiger partial charge < -0.3 is 0 Å². The Morgan fingerprint density at radius 3 is 2.56 bits per heavy atom. The van der Waals surface area contributed by atoms with Crippen molar-refractivity contribution in [3.63, 3.8) is 0 Å². The summed E-state index contributed by atoms with van der Waals surface area (Å²) in [6, 6.07) is 10.5. The zero-order valence-electron chi connectivity index (χ0n) is 15.2. The van der Waals surface area contributed by atoms with E-state index in [-0.39, 0.29) is 11.4 Å². The van der Waals surface area contributed by atoms with Gasteiger partial charge in [0, 0.05) is 6.20 Å². The molecule has 0 fully saturated rings. The summed E-state index contributed by atoms with van der Waals surface area (Å²) in [6.07, 6.45) is 4.25. The molecule has 0 aliphatic heterocycles. The fourth-order valence-corrected chi connectivity index (χ4v) is 4.23. The second kappa shape index (κ2) is 7.32. The first-order valence-corrected chi connectivity index (χ1v) is 11.0. The van der Waals surface area contributed by atoms with E-state index in [0.29, 0.717) is 16.8 Å². The van der Waals surface area contributed by atoms with E-state index in [0.717, 1.165) is 3.97 Å². The number of aromatic nitrogens is 3. The van der Waals surface area contributed by atoms with Gasteiger partial charge >= 0.3 is 0 Å². The average molecular weight is 405 g/mol. The highest BCUT2D eigenvalue weighted by Crippen LogP contribution is 2.17. The fourth-order valence-electron chi connectivity index (χ4n) is 2.30. The van der Waals surface area contributed by atoms with Gasteiger partial charge in [0.15, 0.2) is 5.65 Å². The predicted molar refractivity (Wildman–Crippen MR) is 107 cm³/mol. The molecule has 0 amide bonds. The number of rotatable bonds is 5. The van der Waals surface area contributed by atoms with Crippen LogP contribution >= 0.6 is 0 Å². The smallest absolute Gasteiger partial charge is 0.242 e. The maximum Gasteiger partial charge on any atom is 0.244 e. The zero-order valence-corrected chi connectivity index (χ0v) is 16.9. The number of benzene rings is 1. The first-order valence-electron chi connectivity index (χ1n) is 8.24. The van der Waals surface area contributed by atoms with Crippen LogP contribution in [0.4, 0.5) is 0 Å². The van der Waals surface area contributed by atoms with E-state index in [2.05, 4.69) is 14.4 Å². The van der Waals surface area contributed by atoms with E-state index in [4.69, 9.17) is 0 Å². The molecule has 1 aromatic carbocycles. The van der Waals surface area contributed by atoms with Gasteiger partial charge in [-0.25, -0.2) is 26.6 Å². The summed E-state index contributed by atoms with van der Waals surface area (Å²) in [5, 5.41) is 0. The van der Waals surface area contributed by atoms with Crippen molar-refractivity contribution in [1.29, 1.82) is 0 Å². The summed E-state index contributed by atoms with van der Waals surface area (Å²) in [4.78, 5) is 8.56. The van der Waals surface area contributed by atoms with E-state index in [1.807, 2.05) is 26.8 Å². The molecule has 27 heavy (non-hydrogen) atoms. The Morgan fingerprint density at radius 2 is 1.89 bits per heavy atom. The molecule has 2 aromatic heterocycles. The van der Waals surface area contributed by atoms with Crippen LogP contribution in [0, 0.1) is 0 Å². The largest absolute Gasteiger partial charge is 0.244 e. The molecule has 0 N–H and O–H groups in total. The van der Waals surface area contributed by atoms with Crippen molar-refractivity contribution in [1.82, 2.24) is 13.9 Å². The molecule has 0 aliphatic carbocycles. The van der Waals surface area contributed by atoms with Crippen LogP contribution in [-0.4, -0.2) is 37.5 Å². The number of fused-ring (bicyclic) bond motifs is 1. The van der Waals surface area contributed by atoms with Crippen LogP contribution in [0.15, 0.2) is 53.2 Å². The lowest BCUT2D eigenvalue weighted by Gasteiger charge is -2.12. The van der Waals surface area contributed by atoms with Gasteiger partial charge in [-0.15, -0.1) is 0 Å². The Kier molecular flexibility index (Phi) is 5.25. The summed E-state index contributed by atoms with van der Waals surface area (Å²) in [5.41, 5.74) is 1.79. The third kappa shape index (κ3) is 4.48. The standard InChI is InChI=1S/C18H20N4O3S2/c1-18(2,3)26(23)20-12-15-11-19-17-16(21-15)9-10-22(17)27(24,25)13-14-7-5-4-6-8-14/h4-12H,13H2,1-3H3/t26-/m0/s1. The molecule has 0 radical (unpaired) electrons. The van der Waals surface area contributed by atoms with E-state index < -0.39 is 25.8 Å². The summed E-state index contributed by atoms with van der Waals surface area (Å²) in [6.45, 7) is 5.48. The topological polar surface area (TPSA) is 94.3 Å². The molecule has 1 atom stereocenters. The van der Waals surface area contributed by atoms with Crippen molar-refractivity contribution in [3.8, 4) is 0 Å². The minimum Gasteiger partial charge on any atom is -0.242 e. The molecule has 3 aromatic rings. The molecule has 0 unspecified atom stereocenters. The quantitative estimate of drug-likeness (QED) is 0.610. The van der Waals surface area contributed by atoms with Gasteiger partial charge in [0.1, 0.15) is 22.2 Å². The van der Waals surface area contributed by atoms with Gasteiger partial charge in [-0.3, -0.25) is 0 Å². The molecule has 0 saturated carbocycles. The van der Waals surface area contributed by atoms with E-state index in [1.165, 1.54) is 18.6 Å². The zero-order chi connectivity index (χ0) is 19.7. The van der Waals surface area contributed by atoms with Gasteiger partial charge in [0.25, 0.3) is 0 Å². The molecule has 9 heteroatoms. The van der Waals surface area contributed by atoms with E-state index in [9.17, 15) is 12.6 Å². The van der Waals surface area contributed by atoms with Gasteiger partial charge in [-0.2, -0.15) is 4.40 Å². The summed E-state index contributed by atoms with van der Waals surface area (Å²) >= 11 is 0. The molecule has 3 rings (SSSR count). The van der Waals surface area contributed by atoms with Gasteiger partial charge in [-0.05, 0) is 32.4 Å². The van der Waals surface area contributed by atoms with Gasteiger partial charge in [0.2, 0.25) is 10.0 Å². The third-order valence-electron chi connectivity index (χ3n) is 3.67. The van der Waals surface area contributed by atoms with E-state index in [1.54, 1.807) is 30.3 Å². The predicted octanol–water partition coefficient (Wildman–Crippen LogP) is 2.69. The van der Waals surface area contributed by atoms with Crippen LogP contribution in [0.2, 0.25) is 0 Å². The number of hydrogen-bond acceptors (Lipinski definition) is 5. The van der Waals surface area contributed by atoms with Crippen molar-refractivity contribution in [2.24, 2.45) is 4.40 Å². The van der Waals surface area contributed by atoms with Crippen molar-refractivity contribution >= 4 is 38.4 Å². The molecule has 142 valence electrons. The second-order valence-electron chi connectivity index (χ2n) is 6.95. The van der Waals surface area contributed by atoms with Crippen LogP contribution in [-0.2, 0) is 26.8 Å². The Balaban J connectivity index is 1.90. The highest BCUT2D eigenvalue weighted by Gasteiger charge is 2.19. The summed E-state index contributed by atoms with van der Waals surface area (Å²) in [5.74, 6) is -0.132. The van der Waals surface area contributed by atoms with E-state index >= 15 is 0 Å². The van der Waals surface area contributed by atoms with Crippen molar-refractivity contribution < 1.29 is 12.6 Å². The highest BCUT2D eigenvalue weighted by molar-refractivity contribution is 7.89. The van der Waals surface area contributed by atoms with Crippen molar-refractivity contribution in [2.45, 2.75) is 31.3 Å². The molecule has 2 heterocycles. The lowest BCUT2D eigenvalue weighted by molar-refractivity contribution is 0.588. The Bertz CT molecular complexity index is 1110. The summed E-state index contributed by atoms with van der Waals surface area (Å²) in [7, 11) is -5.03. The average Bonchev–Trinajstić information content (AvgIpc) is 3.03. The first-order chi connectivity index (χ1) is 12.7. The molecule has 0 saturated heterocycles. The lowest BCUT2D eigenvalue weighted by Crippen LogP contribution is -2.19. The Morgan fingerprint density at radius 1 is 1.19 bits per heavy atom. The Hall–Kier alpha value is -2.39. The molecular weight excluding hydrogens is 384 g/mol. The van der Waals surface area contributed by atoms with Crippen LogP contribution in [0.5, 0.6) is 0 Å². The van der Waals surface area contributed by atoms with Crippen LogP contribution in [0.25, 0.3) is 11.2 Å². The molecule has 0 spiro atoms. The maximum absolute atomic E-state index is 12.7. The maximum atomic E-state index is 12.7. The first kappa shape index (κ1) is 19.4. The fraction of sp³-hybridized carbons (Fsp3) is 0.278. The molecule has 0 aliphatic rings. The highest BCUT2D eigenvalue weighted by atomic mass is 32.2. The minimum atomic E-state index is -3.62. The normalized spacial score (nSPS) is 14.0. The monoisotopic (exact) mass is 404 g/mol. The second-order valence-corrected chi connectivity index (χ2v) is 10.7. The minimum absolute atomic E-state index is 0.132.